The van der Waals surface area contributed by atoms with E-state index in [0.29, 0.717) is 24.6 Å². The summed E-state index contributed by atoms with van der Waals surface area (Å²) in [5.74, 6) is 0.607. The summed E-state index contributed by atoms with van der Waals surface area (Å²) in [6.45, 7) is 5.29. The highest BCUT2D eigenvalue weighted by Crippen LogP contribution is 2.09. The number of nitrogens with zero attached hydrogens (tertiary/aromatic N) is 1. The minimum absolute atomic E-state index is 0.304. The Hall–Kier alpha value is -0.510. The van der Waals surface area contributed by atoms with Gasteiger partial charge in [0.2, 0.25) is 0 Å². The first-order chi connectivity index (χ1) is 5.55. The van der Waals surface area contributed by atoms with Crippen LogP contribution in [0.5, 0.6) is 0 Å². The Morgan fingerprint density at radius 2 is 1.83 bits per heavy atom. The minimum atomic E-state index is -2.73. The van der Waals surface area contributed by atoms with Gasteiger partial charge in [-0.2, -0.15) is 0 Å². The average molecular weight is 189 g/mol. The van der Waals surface area contributed by atoms with Gasteiger partial charge >= 0.3 is 0 Å². The Morgan fingerprint density at radius 3 is 2.25 bits per heavy atom. The first-order valence-corrected chi connectivity index (χ1v) is 5.95. The zero-order valence-corrected chi connectivity index (χ0v) is 8.39. The van der Waals surface area contributed by atoms with Crippen LogP contribution in [-0.2, 0) is 9.84 Å². The van der Waals surface area contributed by atoms with Crippen molar-refractivity contribution in [3.63, 3.8) is 0 Å². The van der Waals surface area contributed by atoms with E-state index in [2.05, 4.69) is 4.90 Å². The number of rotatable bonds is 1. The van der Waals surface area contributed by atoms with Crippen molar-refractivity contribution in [2.24, 2.45) is 0 Å². The average Bonchev–Trinajstić information content (AvgIpc) is 2.03. The van der Waals surface area contributed by atoms with Crippen molar-refractivity contribution < 1.29 is 8.42 Å². The fourth-order valence-electron chi connectivity index (χ4n) is 1.25. The van der Waals surface area contributed by atoms with Crippen molar-refractivity contribution >= 4 is 9.84 Å². The summed E-state index contributed by atoms with van der Waals surface area (Å²) < 4.78 is 22.1. The molecule has 0 spiro atoms. The SMILES string of the molecule is CC=C(C)N1CCS(=O)(=O)CC1. The second kappa shape index (κ2) is 3.47. The molecule has 0 bridgehead atoms. The van der Waals surface area contributed by atoms with Crippen LogP contribution < -0.4 is 0 Å². The van der Waals surface area contributed by atoms with E-state index in [1.54, 1.807) is 0 Å². The molecule has 0 aliphatic carbocycles. The molecule has 0 atom stereocenters. The van der Waals surface area contributed by atoms with E-state index in [0.717, 1.165) is 0 Å². The number of hydrogen-bond acceptors (Lipinski definition) is 3. The molecular formula is C8H15NO2S. The van der Waals surface area contributed by atoms with Gasteiger partial charge in [-0.1, -0.05) is 6.08 Å². The van der Waals surface area contributed by atoms with E-state index >= 15 is 0 Å². The molecule has 1 saturated heterocycles. The molecule has 12 heavy (non-hydrogen) atoms. The molecule has 0 radical (unpaired) electrons. The topological polar surface area (TPSA) is 37.4 Å². The number of hydrogen-bond donors (Lipinski definition) is 0. The second-order valence-electron chi connectivity index (χ2n) is 3.07. The molecule has 0 N–H and O–H groups in total. The van der Waals surface area contributed by atoms with Crippen molar-refractivity contribution in [1.29, 1.82) is 0 Å². The fraction of sp³-hybridized carbons (Fsp3) is 0.750. The van der Waals surface area contributed by atoms with Gasteiger partial charge in [0.15, 0.2) is 9.84 Å². The lowest BCUT2D eigenvalue weighted by molar-refractivity contribution is 0.369. The molecule has 0 aromatic heterocycles. The van der Waals surface area contributed by atoms with Crippen LogP contribution in [0.3, 0.4) is 0 Å². The molecule has 3 nitrogen and oxygen atoms in total. The third kappa shape index (κ3) is 2.24. The summed E-state index contributed by atoms with van der Waals surface area (Å²) in [7, 11) is -2.73. The lowest BCUT2D eigenvalue weighted by Gasteiger charge is -2.29. The van der Waals surface area contributed by atoms with E-state index < -0.39 is 9.84 Å². The molecule has 1 rings (SSSR count). The summed E-state index contributed by atoms with van der Waals surface area (Å²) in [5.41, 5.74) is 1.17. The van der Waals surface area contributed by atoms with Crippen LogP contribution in [0.1, 0.15) is 13.8 Å². The van der Waals surface area contributed by atoms with Crippen molar-refractivity contribution in [2.45, 2.75) is 13.8 Å². The Morgan fingerprint density at radius 1 is 1.33 bits per heavy atom. The molecule has 1 heterocycles. The van der Waals surface area contributed by atoms with Crippen LogP contribution in [-0.4, -0.2) is 37.9 Å². The van der Waals surface area contributed by atoms with Gasteiger partial charge in [-0.25, -0.2) is 8.42 Å². The summed E-state index contributed by atoms with van der Waals surface area (Å²) >= 11 is 0. The van der Waals surface area contributed by atoms with Crippen LogP contribution in [0.4, 0.5) is 0 Å². The van der Waals surface area contributed by atoms with E-state index in [1.807, 2.05) is 19.9 Å². The van der Waals surface area contributed by atoms with E-state index in [9.17, 15) is 8.42 Å². The van der Waals surface area contributed by atoms with Gasteiger partial charge in [-0.05, 0) is 13.8 Å². The van der Waals surface area contributed by atoms with Gasteiger partial charge < -0.3 is 4.90 Å². The summed E-state index contributed by atoms with van der Waals surface area (Å²) in [6.07, 6.45) is 2.01. The van der Waals surface area contributed by atoms with Gasteiger partial charge in [-0.3, -0.25) is 0 Å². The van der Waals surface area contributed by atoms with Crippen LogP contribution in [0.15, 0.2) is 11.8 Å². The number of allylic oxidation sites excluding steroid dienone is 2. The van der Waals surface area contributed by atoms with Crippen molar-refractivity contribution in [3.8, 4) is 0 Å². The normalized spacial score (nSPS) is 24.2. The largest absolute Gasteiger partial charge is 0.373 e. The molecule has 0 saturated carbocycles. The minimum Gasteiger partial charge on any atom is -0.373 e. The van der Waals surface area contributed by atoms with Gasteiger partial charge in [-0.15, -0.1) is 0 Å². The van der Waals surface area contributed by atoms with Crippen molar-refractivity contribution in [3.05, 3.63) is 11.8 Å². The lowest BCUT2D eigenvalue weighted by atomic mass is 10.4. The van der Waals surface area contributed by atoms with Gasteiger partial charge in [0.05, 0.1) is 11.5 Å². The Labute approximate surface area is 74.0 Å². The first-order valence-electron chi connectivity index (χ1n) is 4.13. The lowest BCUT2D eigenvalue weighted by Crippen LogP contribution is -2.38. The highest BCUT2D eigenvalue weighted by Gasteiger charge is 2.20. The molecule has 0 aromatic rings. The number of sulfone groups is 1. The third-order valence-corrected chi connectivity index (χ3v) is 3.87. The van der Waals surface area contributed by atoms with Crippen molar-refractivity contribution in [2.75, 3.05) is 24.6 Å². The maximum Gasteiger partial charge on any atom is 0.153 e. The van der Waals surface area contributed by atoms with Crippen LogP contribution in [0.2, 0.25) is 0 Å². The predicted octanol–water partition coefficient (Wildman–Crippen LogP) is 0.641. The van der Waals surface area contributed by atoms with Crippen LogP contribution in [0.25, 0.3) is 0 Å². The quantitative estimate of drug-likeness (QED) is 0.607. The molecule has 4 heteroatoms. The molecule has 70 valence electrons. The first kappa shape index (κ1) is 9.58. The molecule has 0 aromatic carbocycles. The van der Waals surface area contributed by atoms with Crippen molar-refractivity contribution in [1.82, 2.24) is 4.90 Å². The summed E-state index contributed by atoms with van der Waals surface area (Å²) in [4.78, 5) is 2.11. The third-order valence-electron chi connectivity index (χ3n) is 2.26. The zero-order chi connectivity index (χ0) is 9.19. The maximum atomic E-state index is 11.1. The highest BCUT2D eigenvalue weighted by molar-refractivity contribution is 7.91. The monoisotopic (exact) mass is 189 g/mol. The summed E-state index contributed by atoms with van der Waals surface area (Å²) in [6, 6.07) is 0. The fourth-order valence-corrected chi connectivity index (χ4v) is 2.45. The van der Waals surface area contributed by atoms with Gasteiger partial charge in [0.1, 0.15) is 0 Å². The van der Waals surface area contributed by atoms with E-state index in [-0.39, 0.29) is 0 Å². The Balaban J connectivity index is 2.58. The molecular weight excluding hydrogens is 174 g/mol. The van der Waals surface area contributed by atoms with Crippen LogP contribution in [0, 0.1) is 0 Å². The maximum absolute atomic E-state index is 11.1. The van der Waals surface area contributed by atoms with E-state index in [4.69, 9.17) is 0 Å². The Bertz CT molecular complexity index is 265. The standard InChI is InChI=1S/C8H15NO2S/c1-3-8(2)9-4-6-12(10,11)7-5-9/h3H,4-7H2,1-2H3. The molecule has 1 fully saturated rings. The van der Waals surface area contributed by atoms with Gasteiger partial charge in [0.25, 0.3) is 0 Å². The molecule has 1 aliphatic heterocycles. The van der Waals surface area contributed by atoms with Gasteiger partial charge in [0, 0.05) is 18.8 Å². The smallest absolute Gasteiger partial charge is 0.153 e. The molecule has 0 amide bonds. The highest BCUT2D eigenvalue weighted by atomic mass is 32.2. The van der Waals surface area contributed by atoms with E-state index in [1.165, 1.54) is 5.70 Å². The Kier molecular flexibility index (Phi) is 2.77. The second-order valence-corrected chi connectivity index (χ2v) is 5.37. The molecule has 1 aliphatic rings. The van der Waals surface area contributed by atoms with Crippen LogP contribution >= 0.6 is 0 Å². The zero-order valence-electron chi connectivity index (χ0n) is 7.58. The predicted molar refractivity (Wildman–Crippen MR) is 49.7 cm³/mol. The summed E-state index contributed by atoms with van der Waals surface area (Å²) in [5, 5.41) is 0. The molecule has 0 unspecified atom stereocenters.